The Morgan fingerprint density at radius 2 is 1.92 bits per heavy atom. The molecular weight excluding hydrogens is 468 g/mol. The van der Waals surface area contributed by atoms with Gasteiger partial charge in [-0.1, -0.05) is 13.8 Å². The Morgan fingerprint density at radius 3 is 2.67 bits per heavy atom. The van der Waals surface area contributed by atoms with Gasteiger partial charge in [-0.3, -0.25) is 4.68 Å². The number of hydrogen-bond acceptors (Lipinski definition) is 8. The Bertz CT molecular complexity index is 1330. The number of tetrazole rings is 1. The summed E-state index contributed by atoms with van der Waals surface area (Å²) in [5.41, 5.74) is 7.90. The zero-order valence-corrected chi connectivity index (χ0v) is 20.7. The molecule has 12 heteroatoms. The normalized spacial score (nSPS) is 11.6. The molecule has 36 heavy (non-hydrogen) atoms. The lowest BCUT2D eigenvalue weighted by atomic mass is 10.1. The van der Waals surface area contributed by atoms with Crippen molar-refractivity contribution in [2.45, 2.75) is 26.8 Å². The maximum Gasteiger partial charge on any atom is 0.202 e. The van der Waals surface area contributed by atoms with E-state index in [1.807, 2.05) is 29.9 Å². The molecule has 0 spiro atoms. The standard InChI is InChI=1S/C24H29F2N9O/c1-15(2)7-8-34-14-17(13-29-34)16-11-18(23(27)28-12-16)24-30-31-32-35(24)19-5-6-20(22(26)21(19)25)36-10-9-33(3)4/h5-6,11-15H,7-10H2,1-4H3,(H2,27,28). The highest BCUT2D eigenvalue weighted by atomic mass is 19.2. The first-order chi connectivity index (χ1) is 17.2. The van der Waals surface area contributed by atoms with Crippen LogP contribution in [0, 0.1) is 17.6 Å². The molecule has 0 amide bonds. The van der Waals surface area contributed by atoms with Gasteiger partial charge in [0.1, 0.15) is 18.1 Å². The van der Waals surface area contributed by atoms with Crippen molar-refractivity contribution in [1.82, 2.24) is 39.9 Å². The molecule has 0 saturated heterocycles. The number of hydrogen-bond donors (Lipinski definition) is 1. The van der Waals surface area contributed by atoms with E-state index in [1.165, 1.54) is 12.1 Å². The van der Waals surface area contributed by atoms with Crippen LogP contribution in [0.4, 0.5) is 14.6 Å². The summed E-state index contributed by atoms with van der Waals surface area (Å²) in [5, 5.41) is 16.0. The Hall–Kier alpha value is -3.93. The Labute approximate surface area is 207 Å². The average molecular weight is 498 g/mol. The minimum atomic E-state index is -1.14. The van der Waals surface area contributed by atoms with Crippen molar-refractivity contribution in [2.24, 2.45) is 5.92 Å². The molecule has 0 aliphatic carbocycles. The van der Waals surface area contributed by atoms with Crippen LogP contribution in [0.3, 0.4) is 0 Å². The van der Waals surface area contributed by atoms with E-state index in [9.17, 15) is 4.39 Å². The lowest BCUT2D eigenvalue weighted by Gasteiger charge is -2.13. The molecular formula is C24H29F2N9O. The molecule has 190 valence electrons. The summed E-state index contributed by atoms with van der Waals surface area (Å²) in [6, 6.07) is 4.45. The van der Waals surface area contributed by atoms with Crippen LogP contribution >= 0.6 is 0 Å². The molecule has 4 aromatic rings. The van der Waals surface area contributed by atoms with E-state index in [4.69, 9.17) is 10.5 Å². The third kappa shape index (κ3) is 5.48. The molecule has 0 bridgehead atoms. The monoisotopic (exact) mass is 497 g/mol. The minimum Gasteiger partial charge on any atom is -0.489 e. The largest absolute Gasteiger partial charge is 0.489 e. The van der Waals surface area contributed by atoms with Gasteiger partial charge in [-0.2, -0.15) is 14.2 Å². The quantitative estimate of drug-likeness (QED) is 0.355. The fourth-order valence-corrected chi connectivity index (χ4v) is 3.49. The van der Waals surface area contributed by atoms with Crippen LogP contribution in [0.5, 0.6) is 5.75 Å². The average Bonchev–Trinajstić information content (AvgIpc) is 3.51. The number of aromatic nitrogens is 7. The number of nitrogens with two attached hydrogens (primary N) is 1. The topological polar surface area (TPSA) is 113 Å². The van der Waals surface area contributed by atoms with Gasteiger partial charge in [0.2, 0.25) is 5.82 Å². The molecule has 0 saturated carbocycles. The molecule has 0 radical (unpaired) electrons. The summed E-state index contributed by atoms with van der Waals surface area (Å²) < 4.78 is 38.1. The van der Waals surface area contributed by atoms with E-state index in [-0.39, 0.29) is 29.7 Å². The van der Waals surface area contributed by atoms with Crippen LogP contribution in [0.2, 0.25) is 0 Å². The van der Waals surface area contributed by atoms with Crippen molar-refractivity contribution in [3.8, 4) is 34.0 Å². The third-order valence-corrected chi connectivity index (χ3v) is 5.58. The first-order valence-corrected chi connectivity index (χ1v) is 11.6. The first kappa shape index (κ1) is 25.2. The number of ether oxygens (including phenoxy) is 1. The van der Waals surface area contributed by atoms with Gasteiger partial charge in [0.25, 0.3) is 0 Å². The van der Waals surface area contributed by atoms with E-state index in [0.717, 1.165) is 28.8 Å². The number of anilines is 1. The van der Waals surface area contributed by atoms with Crippen LogP contribution < -0.4 is 10.5 Å². The number of rotatable bonds is 10. The maximum atomic E-state index is 15.0. The van der Waals surface area contributed by atoms with Crippen molar-refractivity contribution >= 4 is 5.82 Å². The highest BCUT2D eigenvalue weighted by molar-refractivity contribution is 5.76. The molecule has 2 N–H and O–H groups in total. The Balaban J connectivity index is 1.64. The van der Waals surface area contributed by atoms with Crippen molar-refractivity contribution < 1.29 is 13.5 Å². The van der Waals surface area contributed by atoms with Gasteiger partial charge in [-0.05, 0) is 55.1 Å². The lowest BCUT2D eigenvalue weighted by molar-refractivity contribution is 0.249. The summed E-state index contributed by atoms with van der Waals surface area (Å²) >= 11 is 0. The minimum absolute atomic E-state index is 0.119. The molecule has 10 nitrogen and oxygen atoms in total. The fraction of sp³-hybridized carbons (Fsp3) is 0.375. The van der Waals surface area contributed by atoms with Crippen LogP contribution in [-0.2, 0) is 6.54 Å². The molecule has 0 unspecified atom stereocenters. The van der Waals surface area contributed by atoms with Crippen LogP contribution in [-0.4, -0.2) is 67.1 Å². The second-order valence-electron chi connectivity index (χ2n) is 9.11. The van der Waals surface area contributed by atoms with Crippen LogP contribution in [0.25, 0.3) is 28.2 Å². The summed E-state index contributed by atoms with van der Waals surface area (Å²) in [5.74, 6) is -1.63. The zero-order valence-electron chi connectivity index (χ0n) is 20.7. The van der Waals surface area contributed by atoms with Gasteiger partial charge in [-0.15, -0.1) is 5.10 Å². The number of halogens is 2. The van der Waals surface area contributed by atoms with Crippen molar-refractivity contribution in [1.29, 1.82) is 0 Å². The van der Waals surface area contributed by atoms with Gasteiger partial charge >= 0.3 is 0 Å². The molecule has 0 aliphatic heterocycles. The SMILES string of the molecule is CC(C)CCn1cc(-c2cnc(N)c(-c3nnnn3-c3ccc(OCCN(C)C)c(F)c3F)c2)cn1. The Kier molecular flexibility index (Phi) is 7.53. The fourth-order valence-electron chi connectivity index (χ4n) is 3.49. The highest BCUT2D eigenvalue weighted by Crippen LogP contribution is 2.31. The smallest absolute Gasteiger partial charge is 0.202 e. The second-order valence-corrected chi connectivity index (χ2v) is 9.11. The number of nitrogens with zero attached hydrogens (tertiary/aromatic N) is 8. The molecule has 3 heterocycles. The van der Waals surface area contributed by atoms with Gasteiger partial charge in [0.15, 0.2) is 17.4 Å². The molecule has 3 aromatic heterocycles. The zero-order chi connectivity index (χ0) is 25.8. The number of likely N-dealkylation sites (N-methyl/N-ethyl adjacent to an activating group) is 1. The number of benzene rings is 1. The summed E-state index contributed by atoms with van der Waals surface area (Å²) in [6.07, 6.45) is 6.29. The van der Waals surface area contributed by atoms with E-state index >= 15 is 4.39 Å². The van der Waals surface area contributed by atoms with E-state index in [2.05, 4.69) is 39.5 Å². The number of aryl methyl sites for hydroxylation is 1. The van der Waals surface area contributed by atoms with Gasteiger partial charge in [0, 0.05) is 36.6 Å². The molecule has 0 fully saturated rings. The predicted octanol–water partition coefficient (Wildman–Crippen LogP) is 3.43. The van der Waals surface area contributed by atoms with Gasteiger partial charge in [-0.25, -0.2) is 9.37 Å². The maximum absolute atomic E-state index is 15.0. The molecule has 0 atom stereocenters. The van der Waals surface area contributed by atoms with E-state index in [0.29, 0.717) is 18.0 Å². The highest BCUT2D eigenvalue weighted by Gasteiger charge is 2.22. The first-order valence-electron chi connectivity index (χ1n) is 11.6. The molecule has 1 aromatic carbocycles. The van der Waals surface area contributed by atoms with Crippen molar-refractivity contribution in [2.75, 3.05) is 33.0 Å². The van der Waals surface area contributed by atoms with Crippen LogP contribution in [0.15, 0.2) is 36.8 Å². The predicted molar refractivity (Wildman–Crippen MR) is 131 cm³/mol. The summed E-state index contributed by atoms with van der Waals surface area (Å²) in [4.78, 5) is 6.15. The van der Waals surface area contributed by atoms with E-state index in [1.54, 1.807) is 18.5 Å². The second kappa shape index (κ2) is 10.8. The summed E-state index contributed by atoms with van der Waals surface area (Å²) in [6.45, 7) is 5.88. The van der Waals surface area contributed by atoms with Crippen molar-refractivity contribution in [3.05, 3.63) is 48.4 Å². The summed E-state index contributed by atoms with van der Waals surface area (Å²) in [7, 11) is 3.72. The van der Waals surface area contributed by atoms with E-state index < -0.39 is 11.6 Å². The van der Waals surface area contributed by atoms with Crippen molar-refractivity contribution in [3.63, 3.8) is 0 Å². The van der Waals surface area contributed by atoms with Gasteiger partial charge in [0.05, 0.1) is 11.8 Å². The number of pyridine rings is 1. The van der Waals surface area contributed by atoms with Crippen LogP contribution in [0.1, 0.15) is 20.3 Å². The number of nitrogen functional groups attached to an aromatic ring is 1. The Morgan fingerprint density at radius 1 is 1.11 bits per heavy atom. The van der Waals surface area contributed by atoms with Gasteiger partial charge < -0.3 is 15.4 Å². The molecule has 4 rings (SSSR count). The molecule has 0 aliphatic rings. The third-order valence-electron chi connectivity index (χ3n) is 5.58. The lowest BCUT2D eigenvalue weighted by Crippen LogP contribution is -2.20.